The molecule has 0 aliphatic rings. The van der Waals surface area contributed by atoms with Crippen LogP contribution in [0.25, 0.3) is 0 Å². The first-order valence-electron chi connectivity index (χ1n) is 12.6. The fraction of sp³-hybridized carbons (Fsp3) is 0.310. The Kier molecular flexibility index (Phi) is 10.3. The number of amides is 2. The van der Waals surface area contributed by atoms with Gasteiger partial charge in [0.25, 0.3) is 0 Å². The van der Waals surface area contributed by atoms with E-state index in [4.69, 9.17) is 0 Å². The van der Waals surface area contributed by atoms with Crippen LogP contribution in [0.15, 0.2) is 72.8 Å². The van der Waals surface area contributed by atoms with Gasteiger partial charge in [0, 0.05) is 31.1 Å². The fourth-order valence-corrected chi connectivity index (χ4v) is 4.88. The Morgan fingerprint density at radius 3 is 2.12 bits per heavy atom. The molecule has 0 heterocycles. The van der Waals surface area contributed by atoms with E-state index in [1.54, 1.807) is 36.4 Å². The predicted octanol–water partition coefficient (Wildman–Crippen LogP) is 4.28. The van der Waals surface area contributed by atoms with Gasteiger partial charge in [0.05, 0.1) is 11.9 Å². The number of carbonyl (C=O) groups excluding carboxylic acids is 2. The number of benzene rings is 3. The molecule has 0 fully saturated rings. The maximum atomic E-state index is 14.7. The van der Waals surface area contributed by atoms with Crippen LogP contribution in [-0.4, -0.2) is 50.5 Å². The summed E-state index contributed by atoms with van der Waals surface area (Å²) in [6, 6.07) is 16.0. The smallest absolute Gasteiger partial charge is 0.244 e. The molecule has 0 saturated carbocycles. The van der Waals surface area contributed by atoms with E-state index < -0.39 is 51.9 Å². The van der Waals surface area contributed by atoms with Crippen LogP contribution < -0.4 is 9.62 Å². The molecule has 3 aromatic carbocycles. The molecule has 0 aliphatic heterocycles. The van der Waals surface area contributed by atoms with Crippen molar-refractivity contribution in [3.63, 3.8) is 0 Å². The predicted molar refractivity (Wildman–Crippen MR) is 147 cm³/mol. The zero-order valence-corrected chi connectivity index (χ0v) is 23.3. The first-order valence-corrected chi connectivity index (χ1v) is 14.5. The highest BCUT2D eigenvalue weighted by molar-refractivity contribution is 7.92. The molecule has 0 aromatic heterocycles. The maximum Gasteiger partial charge on any atom is 0.244 e. The standard InChI is InChI=1S/C29H32F3N3O4S/c1-20(2)17-33-29(37)27(15-21-9-5-4-6-10-21)34(18-22-11-7-8-12-24(22)30)28(36)19-35(40(3,38)39)23-13-14-25(31)26(32)16-23/h4-14,16,20,27H,15,17-19H2,1-3H3,(H,33,37). The van der Waals surface area contributed by atoms with Crippen molar-refractivity contribution in [3.8, 4) is 0 Å². The largest absolute Gasteiger partial charge is 0.354 e. The summed E-state index contributed by atoms with van der Waals surface area (Å²) in [5.74, 6) is -4.32. The summed E-state index contributed by atoms with van der Waals surface area (Å²) in [5.41, 5.74) is 0.563. The average molecular weight is 576 g/mol. The SMILES string of the molecule is CC(C)CNC(=O)C(Cc1ccccc1)N(Cc1ccccc1F)C(=O)CN(c1ccc(F)c(F)c1)S(C)(=O)=O. The van der Waals surface area contributed by atoms with E-state index in [0.29, 0.717) is 16.9 Å². The summed E-state index contributed by atoms with van der Waals surface area (Å²) in [6.45, 7) is 2.95. The zero-order valence-electron chi connectivity index (χ0n) is 22.5. The van der Waals surface area contributed by atoms with Gasteiger partial charge in [0.15, 0.2) is 11.6 Å². The highest BCUT2D eigenvalue weighted by Crippen LogP contribution is 2.23. The summed E-state index contributed by atoms with van der Waals surface area (Å²) in [7, 11) is -4.16. The van der Waals surface area contributed by atoms with E-state index in [9.17, 15) is 31.2 Å². The van der Waals surface area contributed by atoms with E-state index in [0.717, 1.165) is 28.9 Å². The van der Waals surface area contributed by atoms with Crippen LogP contribution in [0.1, 0.15) is 25.0 Å². The molecule has 3 rings (SSSR count). The molecule has 11 heteroatoms. The molecule has 40 heavy (non-hydrogen) atoms. The Hall–Kier alpha value is -3.86. The van der Waals surface area contributed by atoms with E-state index in [1.165, 1.54) is 18.2 Å². The van der Waals surface area contributed by atoms with E-state index >= 15 is 0 Å². The quantitative estimate of drug-likeness (QED) is 0.349. The third-order valence-corrected chi connectivity index (χ3v) is 7.27. The van der Waals surface area contributed by atoms with Gasteiger partial charge in [-0.1, -0.05) is 62.4 Å². The number of nitrogens with one attached hydrogen (secondary N) is 1. The maximum absolute atomic E-state index is 14.7. The summed E-state index contributed by atoms with van der Waals surface area (Å²) in [4.78, 5) is 28.5. The van der Waals surface area contributed by atoms with Crippen LogP contribution in [0, 0.1) is 23.4 Å². The number of hydrogen-bond acceptors (Lipinski definition) is 4. The van der Waals surface area contributed by atoms with Gasteiger partial charge in [-0.2, -0.15) is 0 Å². The van der Waals surface area contributed by atoms with Crippen LogP contribution in [-0.2, 0) is 32.6 Å². The normalized spacial score (nSPS) is 12.2. The molecule has 1 atom stereocenters. The van der Waals surface area contributed by atoms with Crippen LogP contribution in [0.2, 0.25) is 0 Å². The summed E-state index contributed by atoms with van der Waals surface area (Å²) >= 11 is 0. The van der Waals surface area contributed by atoms with Crippen molar-refractivity contribution in [1.29, 1.82) is 0 Å². The van der Waals surface area contributed by atoms with Crippen LogP contribution in [0.5, 0.6) is 0 Å². The van der Waals surface area contributed by atoms with Crippen molar-refractivity contribution in [1.82, 2.24) is 10.2 Å². The number of anilines is 1. The molecule has 2 amide bonds. The zero-order chi connectivity index (χ0) is 29.4. The molecule has 0 spiro atoms. The van der Waals surface area contributed by atoms with Gasteiger partial charge in [0.2, 0.25) is 21.8 Å². The number of carbonyl (C=O) groups is 2. The molecule has 0 bridgehead atoms. The van der Waals surface area contributed by atoms with Crippen LogP contribution in [0.4, 0.5) is 18.9 Å². The minimum atomic E-state index is -4.16. The van der Waals surface area contributed by atoms with Crippen molar-refractivity contribution in [2.24, 2.45) is 5.92 Å². The lowest BCUT2D eigenvalue weighted by molar-refractivity contribution is -0.140. The molecule has 7 nitrogen and oxygen atoms in total. The summed E-state index contributed by atoms with van der Waals surface area (Å²) in [6.07, 6.45) is 0.883. The Morgan fingerprint density at radius 1 is 0.875 bits per heavy atom. The van der Waals surface area contributed by atoms with E-state index in [-0.39, 0.29) is 30.1 Å². The average Bonchev–Trinajstić information content (AvgIpc) is 2.90. The van der Waals surface area contributed by atoms with Gasteiger partial charge in [0.1, 0.15) is 18.4 Å². The van der Waals surface area contributed by atoms with Crippen molar-refractivity contribution in [3.05, 3.63) is 101 Å². The van der Waals surface area contributed by atoms with Crippen molar-refractivity contribution < 1.29 is 31.2 Å². The summed E-state index contributed by atoms with van der Waals surface area (Å²) in [5, 5.41) is 2.82. The van der Waals surface area contributed by atoms with Crippen molar-refractivity contribution in [2.45, 2.75) is 32.9 Å². The molecule has 0 radical (unpaired) electrons. The third kappa shape index (κ3) is 8.32. The number of sulfonamides is 1. The summed E-state index contributed by atoms with van der Waals surface area (Å²) < 4.78 is 68.3. The van der Waals surface area contributed by atoms with Gasteiger partial charge in [-0.3, -0.25) is 13.9 Å². The second-order valence-electron chi connectivity index (χ2n) is 9.83. The van der Waals surface area contributed by atoms with Gasteiger partial charge >= 0.3 is 0 Å². The second kappa shape index (κ2) is 13.5. The lowest BCUT2D eigenvalue weighted by Crippen LogP contribution is -2.53. The number of nitrogens with zero attached hydrogens (tertiary/aromatic N) is 2. The third-order valence-electron chi connectivity index (χ3n) is 6.12. The number of halogens is 3. The Balaban J connectivity index is 2.07. The molecule has 1 N–H and O–H groups in total. The van der Waals surface area contributed by atoms with Gasteiger partial charge in [-0.25, -0.2) is 21.6 Å². The minimum Gasteiger partial charge on any atom is -0.354 e. The van der Waals surface area contributed by atoms with Gasteiger partial charge in [-0.15, -0.1) is 0 Å². The topological polar surface area (TPSA) is 86.8 Å². The Morgan fingerprint density at radius 2 is 1.52 bits per heavy atom. The van der Waals surface area contributed by atoms with Crippen molar-refractivity contribution >= 4 is 27.5 Å². The highest BCUT2D eigenvalue weighted by atomic mass is 32.2. The highest BCUT2D eigenvalue weighted by Gasteiger charge is 2.33. The van der Waals surface area contributed by atoms with Crippen LogP contribution in [0.3, 0.4) is 0 Å². The monoisotopic (exact) mass is 575 g/mol. The van der Waals surface area contributed by atoms with Gasteiger partial charge in [-0.05, 0) is 29.7 Å². The molecule has 1 unspecified atom stereocenters. The fourth-order valence-electron chi connectivity index (χ4n) is 4.04. The molecular formula is C29H32F3N3O4S. The first kappa shape index (κ1) is 30.7. The van der Waals surface area contributed by atoms with Crippen LogP contribution >= 0.6 is 0 Å². The molecule has 0 saturated heterocycles. The van der Waals surface area contributed by atoms with Crippen molar-refractivity contribution in [2.75, 3.05) is 23.7 Å². The first-order chi connectivity index (χ1) is 18.9. The van der Waals surface area contributed by atoms with Gasteiger partial charge < -0.3 is 10.2 Å². The Bertz CT molecular complexity index is 1440. The second-order valence-corrected chi connectivity index (χ2v) is 11.7. The number of hydrogen-bond donors (Lipinski definition) is 1. The molecule has 0 aliphatic carbocycles. The molecule has 3 aromatic rings. The Labute approximate surface area is 232 Å². The minimum absolute atomic E-state index is 0.0645. The lowest BCUT2D eigenvalue weighted by atomic mass is 10.0. The number of rotatable bonds is 12. The lowest BCUT2D eigenvalue weighted by Gasteiger charge is -2.33. The van der Waals surface area contributed by atoms with E-state index in [1.807, 2.05) is 13.8 Å². The van der Waals surface area contributed by atoms with E-state index in [2.05, 4.69) is 5.32 Å². The molecule has 214 valence electrons. The molecular weight excluding hydrogens is 543 g/mol.